The highest BCUT2D eigenvalue weighted by Gasteiger charge is 2.43. The van der Waals surface area contributed by atoms with Crippen LogP contribution >= 0.6 is 11.6 Å². The molecule has 0 amide bonds. The minimum atomic E-state index is 0.146. The Hall–Kier alpha value is -1.60. The molecule has 1 nitrogen and oxygen atoms in total. The predicted octanol–water partition coefficient (Wildman–Crippen LogP) is 7.48. The van der Waals surface area contributed by atoms with Gasteiger partial charge < -0.3 is 0 Å². The standard InChI is InChI=1S/C23H25ClO.C2H6/c1-23(21-11-8-18-4-2-3-5-20(18)22(21)25)14-12-17(13-15-23)16-6-9-19(24)10-7-16;1-2/h2-7,9-10,17,21H,8,11-15H2,1H3;1-2H3. The predicted molar refractivity (Wildman–Crippen MR) is 115 cm³/mol. The van der Waals surface area contributed by atoms with Crippen LogP contribution in [0.4, 0.5) is 0 Å². The van der Waals surface area contributed by atoms with Gasteiger partial charge in [-0.15, -0.1) is 0 Å². The van der Waals surface area contributed by atoms with E-state index in [1.807, 2.05) is 44.2 Å². The summed E-state index contributed by atoms with van der Waals surface area (Å²) in [4.78, 5) is 13.1. The van der Waals surface area contributed by atoms with Crippen LogP contribution in [0.3, 0.4) is 0 Å². The van der Waals surface area contributed by atoms with Gasteiger partial charge in [-0.1, -0.05) is 68.8 Å². The van der Waals surface area contributed by atoms with Crippen molar-refractivity contribution >= 4 is 17.4 Å². The first-order chi connectivity index (χ1) is 13.1. The highest BCUT2D eigenvalue weighted by molar-refractivity contribution is 6.30. The van der Waals surface area contributed by atoms with Crippen molar-refractivity contribution in [3.63, 3.8) is 0 Å². The van der Waals surface area contributed by atoms with Gasteiger partial charge in [-0.25, -0.2) is 0 Å². The lowest BCUT2D eigenvalue weighted by molar-refractivity contribution is 0.0606. The Labute approximate surface area is 169 Å². The van der Waals surface area contributed by atoms with Crippen molar-refractivity contribution in [2.45, 2.75) is 65.2 Å². The molecule has 0 spiro atoms. The van der Waals surface area contributed by atoms with Crippen molar-refractivity contribution in [2.75, 3.05) is 0 Å². The van der Waals surface area contributed by atoms with Crippen molar-refractivity contribution in [3.8, 4) is 0 Å². The van der Waals surface area contributed by atoms with Gasteiger partial charge >= 0.3 is 0 Å². The number of rotatable bonds is 2. The Morgan fingerprint density at radius 1 is 0.926 bits per heavy atom. The van der Waals surface area contributed by atoms with Gasteiger partial charge in [0.2, 0.25) is 0 Å². The van der Waals surface area contributed by atoms with E-state index in [1.54, 1.807) is 0 Å². The van der Waals surface area contributed by atoms with Gasteiger partial charge in [0.1, 0.15) is 0 Å². The summed E-state index contributed by atoms with van der Waals surface area (Å²) >= 11 is 6.02. The number of Topliss-reactive ketones (excluding diaryl/α,β-unsaturated/α-hetero) is 1. The van der Waals surface area contributed by atoms with Gasteiger partial charge in [-0.3, -0.25) is 4.79 Å². The Morgan fingerprint density at radius 2 is 1.56 bits per heavy atom. The number of hydrogen-bond donors (Lipinski definition) is 0. The second-order valence-electron chi connectivity index (χ2n) is 8.09. The molecule has 0 heterocycles. The molecule has 2 aromatic carbocycles. The van der Waals surface area contributed by atoms with Gasteiger partial charge in [0, 0.05) is 16.5 Å². The fraction of sp³-hybridized carbons (Fsp3) is 0.480. The molecule has 1 saturated carbocycles. The smallest absolute Gasteiger partial charge is 0.166 e. The summed E-state index contributed by atoms with van der Waals surface area (Å²) in [7, 11) is 0. The summed E-state index contributed by atoms with van der Waals surface area (Å²) in [5, 5.41) is 0.802. The van der Waals surface area contributed by atoms with Crippen LogP contribution in [0.2, 0.25) is 5.02 Å². The molecule has 0 aliphatic heterocycles. The summed E-state index contributed by atoms with van der Waals surface area (Å²) in [5.41, 5.74) is 3.75. The molecule has 2 heteroatoms. The van der Waals surface area contributed by atoms with Gasteiger partial charge in [-0.2, -0.15) is 0 Å². The molecule has 0 N–H and O–H groups in total. The van der Waals surface area contributed by atoms with Crippen LogP contribution in [-0.2, 0) is 6.42 Å². The van der Waals surface area contributed by atoms with Crippen molar-refractivity contribution in [3.05, 3.63) is 70.2 Å². The van der Waals surface area contributed by atoms with E-state index in [-0.39, 0.29) is 11.3 Å². The fourth-order valence-corrected chi connectivity index (χ4v) is 5.08. The Kier molecular flexibility index (Phi) is 6.42. The molecule has 4 rings (SSSR count). The number of hydrogen-bond acceptors (Lipinski definition) is 1. The second-order valence-corrected chi connectivity index (χ2v) is 8.53. The first-order valence-corrected chi connectivity index (χ1v) is 10.8. The second kappa shape index (κ2) is 8.61. The molecule has 27 heavy (non-hydrogen) atoms. The number of ketones is 1. The average molecular weight is 383 g/mol. The average Bonchev–Trinajstić information content (AvgIpc) is 2.71. The van der Waals surface area contributed by atoms with Crippen LogP contribution in [0.1, 0.15) is 80.3 Å². The highest BCUT2D eigenvalue weighted by atomic mass is 35.5. The third-order valence-corrected chi connectivity index (χ3v) is 6.86. The van der Waals surface area contributed by atoms with Crippen LogP contribution in [-0.4, -0.2) is 5.78 Å². The number of aryl methyl sites for hydroxylation is 1. The van der Waals surface area contributed by atoms with Crippen molar-refractivity contribution < 1.29 is 4.79 Å². The largest absolute Gasteiger partial charge is 0.294 e. The molecule has 0 aromatic heterocycles. The van der Waals surface area contributed by atoms with Crippen molar-refractivity contribution in [1.82, 2.24) is 0 Å². The van der Waals surface area contributed by atoms with E-state index in [1.165, 1.54) is 24.0 Å². The number of carbonyl (C=O) groups is 1. The van der Waals surface area contributed by atoms with Gasteiger partial charge in [0.05, 0.1) is 0 Å². The molecule has 0 saturated heterocycles. The summed E-state index contributed by atoms with van der Waals surface area (Å²) in [5.74, 6) is 1.18. The summed E-state index contributed by atoms with van der Waals surface area (Å²) < 4.78 is 0. The van der Waals surface area contributed by atoms with Crippen molar-refractivity contribution in [2.24, 2.45) is 11.3 Å². The molecule has 1 unspecified atom stereocenters. The normalized spacial score (nSPS) is 27.3. The molecule has 1 fully saturated rings. The summed E-state index contributed by atoms with van der Waals surface area (Å²) in [6, 6.07) is 16.5. The van der Waals surface area contributed by atoms with Gasteiger partial charge in [0.15, 0.2) is 5.78 Å². The van der Waals surface area contributed by atoms with E-state index in [0.29, 0.717) is 11.7 Å². The zero-order valence-electron chi connectivity index (χ0n) is 16.8. The Balaban J connectivity index is 0.00000102. The van der Waals surface area contributed by atoms with Crippen LogP contribution < -0.4 is 0 Å². The first kappa shape index (κ1) is 20.1. The quantitative estimate of drug-likeness (QED) is 0.526. The zero-order chi connectivity index (χ0) is 19.4. The van der Waals surface area contributed by atoms with Crippen LogP contribution in [0.5, 0.6) is 0 Å². The molecular weight excluding hydrogens is 352 g/mol. The van der Waals surface area contributed by atoms with E-state index < -0.39 is 0 Å². The lowest BCUT2D eigenvalue weighted by atomic mass is 9.59. The molecule has 2 aliphatic rings. The maximum Gasteiger partial charge on any atom is 0.166 e. The number of halogens is 1. The van der Waals surface area contributed by atoms with E-state index in [0.717, 1.165) is 36.3 Å². The summed E-state index contributed by atoms with van der Waals surface area (Å²) in [6.45, 7) is 6.35. The van der Waals surface area contributed by atoms with Gasteiger partial charge in [0.25, 0.3) is 0 Å². The monoisotopic (exact) mass is 382 g/mol. The topological polar surface area (TPSA) is 17.1 Å². The third kappa shape index (κ3) is 4.14. The lowest BCUT2D eigenvalue weighted by Crippen LogP contribution is -2.39. The minimum Gasteiger partial charge on any atom is -0.294 e. The van der Waals surface area contributed by atoms with E-state index in [2.05, 4.69) is 25.1 Å². The number of carbonyl (C=O) groups excluding carboxylic acids is 1. The molecule has 2 aromatic rings. The zero-order valence-corrected chi connectivity index (χ0v) is 17.6. The molecule has 0 bridgehead atoms. The summed E-state index contributed by atoms with van der Waals surface area (Å²) in [6.07, 6.45) is 6.67. The van der Waals surface area contributed by atoms with E-state index >= 15 is 0 Å². The fourth-order valence-electron chi connectivity index (χ4n) is 4.96. The SMILES string of the molecule is CC.CC1(C2CCc3ccccc3C2=O)CCC(c2ccc(Cl)cc2)CC1. The lowest BCUT2D eigenvalue weighted by Gasteiger charge is -2.44. The first-order valence-electron chi connectivity index (χ1n) is 10.4. The molecule has 1 atom stereocenters. The molecule has 0 radical (unpaired) electrons. The van der Waals surface area contributed by atoms with Crippen LogP contribution in [0, 0.1) is 11.3 Å². The Morgan fingerprint density at radius 3 is 2.22 bits per heavy atom. The maximum atomic E-state index is 13.1. The third-order valence-electron chi connectivity index (χ3n) is 6.61. The van der Waals surface area contributed by atoms with Crippen LogP contribution in [0.15, 0.2) is 48.5 Å². The number of benzene rings is 2. The highest BCUT2D eigenvalue weighted by Crippen LogP contribution is 2.50. The Bertz CT molecular complexity index is 769. The van der Waals surface area contributed by atoms with Crippen LogP contribution in [0.25, 0.3) is 0 Å². The molecule has 2 aliphatic carbocycles. The molecule has 144 valence electrons. The van der Waals surface area contributed by atoms with Crippen molar-refractivity contribution in [1.29, 1.82) is 0 Å². The van der Waals surface area contributed by atoms with E-state index in [9.17, 15) is 4.79 Å². The van der Waals surface area contributed by atoms with Gasteiger partial charge in [-0.05, 0) is 73.1 Å². The maximum absolute atomic E-state index is 13.1. The van der Waals surface area contributed by atoms with E-state index in [4.69, 9.17) is 11.6 Å². The minimum absolute atomic E-state index is 0.146. The number of fused-ring (bicyclic) bond motifs is 1. The molecular formula is C25H31ClO.